The molecular weight excluding hydrogens is 362 g/mol. The predicted molar refractivity (Wildman–Crippen MR) is 115 cm³/mol. The van der Waals surface area contributed by atoms with E-state index in [0.29, 0.717) is 18.3 Å². The molecule has 1 saturated carbocycles. The van der Waals surface area contributed by atoms with Crippen molar-refractivity contribution < 1.29 is 4.79 Å². The van der Waals surface area contributed by atoms with Gasteiger partial charge in [0.15, 0.2) is 0 Å². The Balaban J connectivity index is 1.37. The molecule has 6 heteroatoms. The monoisotopic (exact) mass is 395 g/mol. The van der Waals surface area contributed by atoms with Gasteiger partial charge in [0.1, 0.15) is 5.69 Å². The van der Waals surface area contributed by atoms with E-state index in [-0.39, 0.29) is 17.5 Å². The number of aromatic nitrogens is 2. The van der Waals surface area contributed by atoms with E-state index in [4.69, 9.17) is 0 Å². The van der Waals surface area contributed by atoms with Crippen LogP contribution in [0.3, 0.4) is 0 Å². The minimum Gasteiger partial charge on any atom is -0.349 e. The summed E-state index contributed by atoms with van der Waals surface area (Å²) in [5.41, 5.74) is 1.76. The van der Waals surface area contributed by atoms with E-state index in [1.807, 2.05) is 23.0 Å². The number of rotatable bonds is 7. The number of carbonyl (C=O) groups excluding carboxylic acids is 1. The molecule has 4 rings (SSSR count). The standard InChI is InChI=1S/C23H33N5O/c1-18(19-8-3-2-4-9-19)26-23(12-5-6-13-23)17-25-22(29)21-11-15-28(27-21)20-10-7-14-24-16-20/h2-4,8-9,11,15,18,20,24,26H,5-7,10,12-14,16-17H2,1H3,(H,25,29). The Bertz CT molecular complexity index is 791. The third-order valence-corrected chi connectivity index (χ3v) is 6.46. The van der Waals surface area contributed by atoms with Gasteiger partial charge in [-0.15, -0.1) is 0 Å². The van der Waals surface area contributed by atoms with E-state index in [9.17, 15) is 4.79 Å². The molecule has 2 atom stereocenters. The van der Waals surface area contributed by atoms with Crippen molar-refractivity contribution in [3.63, 3.8) is 0 Å². The highest BCUT2D eigenvalue weighted by Crippen LogP contribution is 2.32. The Hall–Kier alpha value is -2.18. The van der Waals surface area contributed by atoms with E-state index in [2.05, 4.69) is 52.2 Å². The summed E-state index contributed by atoms with van der Waals surface area (Å²) in [6, 6.07) is 13.0. The number of carbonyl (C=O) groups is 1. The lowest BCUT2D eigenvalue weighted by atomic mass is 9.94. The molecule has 29 heavy (non-hydrogen) atoms. The maximum atomic E-state index is 12.8. The van der Waals surface area contributed by atoms with E-state index in [0.717, 1.165) is 38.8 Å². The zero-order valence-electron chi connectivity index (χ0n) is 17.4. The van der Waals surface area contributed by atoms with Crippen molar-refractivity contribution in [1.82, 2.24) is 25.7 Å². The molecule has 6 nitrogen and oxygen atoms in total. The van der Waals surface area contributed by atoms with Crippen molar-refractivity contribution in [1.29, 1.82) is 0 Å². The van der Waals surface area contributed by atoms with Crippen molar-refractivity contribution in [3.05, 3.63) is 53.9 Å². The summed E-state index contributed by atoms with van der Waals surface area (Å²) in [6.07, 6.45) is 8.79. The molecule has 1 aliphatic heterocycles. The first-order valence-corrected chi connectivity index (χ1v) is 11.0. The molecule has 156 valence electrons. The number of nitrogens with zero attached hydrogens (tertiary/aromatic N) is 2. The first kappa shape index (κ1) is 20.1. The van der Waals surface area contributed by atoms with Gasteiger partial charge in [-0.05, 0) is 50.8 Å². The molecule has 1 saturated heterocycles. The highest BCUT2D eigenvalue weighted by atomic mass is 16.1. The van der Waals surface area contributed by atoms with Crippen LogP contribution < -0.4 is 16.0 Å². The van der Waals surface area contributed by atoms with Crippen LogP contribution in [0.1, 0.15) is 73.6 Å². The molecule has 1 aliphatic carbocycles. The third-order valence-electron chi connectivity index (χ3n) is 6.46. The summed E-state index contributed by atoms with van der Waals surface area (Å²) in [5, 5.41) is 14.9. The van der Waals surface area contributed by atoms with Gasteiger partial charge in [0.05, 0.1) is 6.04 Å². The average Bonchev–Trinajstić information content (AvgIpc) is 3.44. The molecule has 0 bridgehead atoms. The summed E-state index contributed by atoms with van der Waals surface area (Å²) < 4.78 is 1.95. The largest absolute Gasteiger partial charge is 0.349 e. The van der Waals surface area contributed by atoms with Crippen LogP contribution in [0, 0.1) is 0 Å². The molecule has 1 amide bonds. The van der Waals surface area contributed by atoms with Gasteiger partial charge in [-0.3, -0.25) is 9.48 Å². The maximum Gasteiger partial charge on any atom is 0.271 e. The van der Waals surface area contributed by atoms with E-state index in [1.54, 1.807) is 0 Å². The number of nitrogens with one attached hydrogen (secondary N) is 3. The molecule has 1 aromatic carbocycles. The van der Waals surface area contributed by atoms with Crippen molar-refractivity contribution >= 4 is 5.91 Å². The fourth-order valence-corrected chi connectivity index (χ4v) is 4.77. The molecule has 2 fully saturated rings. The third kappa shape index (κ3) is 4.87. The normalized spacial score (nSPS) is 22.3. The van der Waals surface area contributed by atoms with E-state index < -0.39 is 0 Å². The fraction of sp³-hybridized carbons (Fsp3) is 0.565. The van der Waals surface area contributed by atoms with Crippen LogP contribution >= 0.6 is 0 Å². The van der Waals surface area contributed by atoms with Crippen LogP contribution in [-0.4, -0.2) is 40.9 Å². The van der Waals surface area contributed by atoms with Crippen LogP contribution in [0.4, 0.5) is 0 Å². The first-order chi connectivity index (χ1) is 14.2. The molecule has 1 aromatic heterocycles. The van der Waals surface area contributed by atoms with Gasteiger partial charge in [0, 0.05) is 30.9 Å². The number of benzene rings is 1. The zero-order valence-corrected chi connectivity index (χ0v) is 17.4. The quantitative estimate of drug-likeness (QED) is 0.673. The van der Waals surface area contributed by atoms with Gasteiger partial charge in [-0.2, -0.15) is 5.10 Å². The predicted octanol–water partition coefficient (Wildman–Crippen LogP) is 3.20. The second-order valence-electron chi connectivity index (χ2n) is 8.63. The van der Waals surface area contributed by atoms with Crippen molar-refractivity contribution in [3.8, 4) is 0 Å². The van der Waals surface area contributed by atoms with Crippen LogP contribution in [-0.2, 0) is 0 Å². The zero-order chi connectivity index (χ0) is 20.1. The highest BCUT2D eigenvalue weighted by Gasteiger charge is 2.35. The molecule has 0 spiro atoms. The van der Waals surface area contributed by atoms with Gasteiger partial charge in [-0.1, -0.05) is 43.2 Å². The van der Waals surface area contributed by atoms with Crippen molar-refractivity contribution in [2.24, 2.45) is 0 Å². The van der Waals surface area contributed by atoms with Crippen LogP contribution in [0.25, 0.3) is 0 Å². The SMILES string of the molecule is CC(NC1(CNC(=O)c2ccn(C3CCCNC3)n2)CCCC1)c1ccccc1. The van der Waals surface area contributed by atoms with Crippen molar-refractivity contribution in [2.45, 2.75) is 63.1 Å². The summed E-state index contributed by atoms with van der Waals surface area (Å²) in [7, 11) is 0. The summed E-state index contributed by atoms with van der Waals surface area (Å²) in [4.78, 5) is 12.8. The van der Waals surface area contributed by atoms with Crippen molar-refractivity contribution in [2.75, 3.05) is 19.6 Å². The lowest BCUT2D eigenvalue weighted by molar-refractivity contribution is 0.0930. The lowest BCUT2D eigenvalue weighted by Gasteiger charge is -2.34. The number of hydrogen-bond acceptors (Lipinski definition) is 4. The van der Waals surface area contributed by atoms with Crippen LogP contribution in [0.2, 0.25) is 0 Å². The Morgan fingerprint density at radius 1 is 1.24 bits per heavy atom. The topological polar surface area (TPSA) is 71.0 Å². The summed E-state index contributed by atoms with van der Waals surface area (Å²) in [6.45, 7) is 4.84. The molecule has 3 N–H and O–H groups in total. The highest BCUT2D eigenvalue weighted by molar-refractivity contribution is 5.92. The molecule has 2 aliphatic rings. The Kier molecular flexibility index (Phi) is 6.31. The minimum atomic E-state index is -0.0760. The second kappa shape index (κ2) is 9.09. The van der Waals surface area contributed by atoms with Gasteiger partial charge < -0.3 is 16.0 Å². The number of amides is 1. The van der Waals surface area contributed by atoms with E-state index >= 15 is 0 Å². The van der Waals surface area contributed by atoms with E-state index in [1.165, 1.54) is 18.4 Å². The molecule has 2 unspecified atom stereocenters. The average molecular weight is 396 g/mol. The Morgan fingerprint density at radius 3 is 2.76 bits per heavy atom. The van der Waals surface area contributed by atoms with Gasteiger partial charge in [-0.25, -0.2) is 0 Å². The Labute approximate surface area is 173 Å². The lowest BCUT2D eigenvalue weighted by Crippen LogP contribution is -2.52. The van der Waals surface area contributed by atoms with Crippen LogP contribution in [0.5, 0.6) is 0 Å². The summed E-state index contributed by atoms with van der Waals surface area (Å²) >= 11 is 0. The number of hydrogen-bond donors (Lipinski definition) is 3. The molecular formula is C23H33N5O. The summed E-state index contributed by atoms with van der Waals surface area (Å²) in [5.74, 6) is -0.0760. The first-order valence-electron chi connectivity index (χ1n) is 11.0. The second-order valence-corrected chi connectivity index (χ2v) is 8.63. The molecule has 2 heterocycles. The van der Waals surface area contributed by atoms with Crippen LogP contribution in [0.15, 0.2) is 42.6 Å². The number of piperidine rings is 1. The minimum absolute atomic E-state index is 0.0409. The fourth-order valence-electron chi connectivity index (χ4n) is 4.77. The van der Waals surface area contributed by atoms with Gasteiger partial charge in [0.2, 0.25) is 0 Å². The Morgan fingerprint density at radius 2 is 2.03 bits per heavy atom. The van der Waals surface area contributed by atoms with Gasteiger partial charge in [0.25, 0.3) is 5.91 Å². The smallest absolute Gasteiger partial charge is 0.271 e. The van der Waals surface area contributed by atoms with Gasteiger partial charge >= 0.3 is 0 Å². The molecule has 0 radical (unpaired) electrons. The molecule has 2 aromatic rings. The maximum absolute atomic E-state index is 12.8.